The molecule has 1 aliphatic carbocycles. The number of rotatable bonds is 15. The zero-order valence-corrected chi connectivity index (χ0v) is 18.8. The molecule has 0 aromatic carbocycles. The van der Waals surface area contributed by atoms with E-state index < -0.39 is 0 Å². The van der Waals surface area contributed by atoms with Gasteiger partial charge in [0.15, 0.2) is 0 Å². The van der Waals surface area contributed by atoms with Crippen molar-refractivity contribution >= 4 is 11.9 Å². The minimum absolute atomic E-state index is 0.0153. The predicted octanol–water partition coefficient (Wildman–Crippen LogP) is 5.61. The lowest BCUT2D eigenvalue weighted by Crippen LogP contribution is -2.34. The van der Waals surface area contributed by atoms with Gasteiger partial charge in [0.05, 0.1) is 24.7 Å². The second-order valence-electron chi connectivity index (χ2n) is 8.40. The van der Waals surface area contributed by atoms with E-state index in [4.69, 9.17) is 14.2 Å². The molecule has 4 unspecified atom stereocenters. The zero-order chi connectivity index (χ0) is 21.5. The minimum atomic E-state index is -0.334. The fourth-order valence-corrected chi connectivity index (χ4v) is 3.76. The van der Waals surface area contributed by atoms with E-state index in [0.29, 0.717) is 12.5 Å². The van der Waals surface area contributed by atoms with Gasteiger partial charge in [0, 0.05) is 12.7 Å². The second kappa shape index (κ2) is 15.5. The maximum atomic E-state index is 12.2. The molecule has 1 saturated carbocycles. The number of hydrogen-bond acceptors (Lipinski definition) is 5. The molecular formula is C24H42O5. The SMILES string of the molecule is C=CC(=O)OCCCCCCCCCOC1CCC(C(=O)OC(C)CC)CC1C. The molecule has 29 heavy (non-hydrogen) atoms. The molecule has 0 aromatic rings. The van der Waals surface area contributed by atoms with E-state index in [9.17, 15) is 9.59 Å². The molecule has 0 saturated heterocycles. The molecule has 1 fully saturated rings. The van der Waals surface area contributed by atoms with Gasteiger partial charge in [-0.1, -0.05) is 52.5 Å². The molecule has 0 heterocycles. The van der Waals surface area contributed by atoms with Crippen molar-refractivity contribution in [1.29, 1.82) is 0 Å². The summed E-state index contributed by atoms with van der Waals surface area (Å²) in [5, 5.41) is 0. The van der Waals surface area contributed by atoms with Gasteiger partial charge < -0.3 is 14.2 Å². The van der Waals surface area contributed by atoms with Crippen LogP contribution in [0.3, 0.4) is 0 Å². The number of esters is 2. The molecule has 5 heteroatoms. The summed E-state index contributed by atoms with van der Waals surface area (Å²) in [6, 6.07) is 0. The monoisotopic (exact) mass is 410 g/mol. The maximum Gasteiger partial charge on any atom is 0.330 e. The van der Waals surface area contributed by atoms with Gasteiger partial charge in [-0.3, -0.25) is 4.79 Å². The van der Waals surface area contributed by atoms with E-state index in [1.807, 2.05) is 13.8 Å². The van der Waals surface area contributed by atoms with Crippen LogP contribution in [0.4, 0.5) is 0 Å². The first-order valence-electron chi connectivity index (χ1n) is 11.6. The van der Waals surface area contributed by atoms with Gasteiger partial charge in [-0.05, 0) is 51.4 Å². The van der Waals surface area contributed by atoms with Gasteiger partial charge in [0.25, 0.3) is 0 Å². The molecule has 1 aliphatic rings. The summed E-state index contributed by atoms with van der Waals surface area (Å²) >= 11 is 0. The first-order chi connectivity index (χ1) is 14.0. The van der Waals surface area contributed by atoms with Crippen molar-refractivity contribution in [1.82, 2.24) is 0 Å². The van der Waals surface area contributed by atoms with Gasteiger partial charge in [-0.15, -0.1) is 0 Å². The summed E-state index contributed by atoms with van der Waals surface area (Å²) < 4.78 is 16.6. The highest BCUT2D eigenvalue weighted by Crippen LogP contribution is 2.32. The molecule has 5 nitrogen and oxygen atoms in total. The van der Waals surface area contributed by atoms with E-state index in [1.165, 1.54) is 31.8 Å². The van der Waals surface area contributed by atoms with Gasteiger partial charge >= 0.3 is 11.9 Å². The highest BCUT2D eigenvalue weighted by molar-refractivity contribution is 5.81. The molecule has 0 amide bonds. The quantitative estimate of drug-likeness (QED) is 0.199. The van der Waals surface area contributed by atoms with Crippen molar-refractivity contribution in [3.8, 4) is 0 Å². The third-order valence-corrected chi connectivity index (χ3v) is 5.85. The van der Waals surface area contributed by atoms with Crippen molar-refractivity contribution in [3.63, 3.8) is 0 Å². The van der Waals surface area contributed by atoms with Crippen LogP contribution in [0, 0.1) is 11.8 Å². The highest BCUT2D eigenvalue weighted by Gasteiger charge is 2.33. The van der Waals surface area contributed by atoms with Gasteiger partial charge in [-0.2, -0.15) is 0 Å². The summed E-state index contributed by atoms with van der Waals surface area (Å²) in [5.41, 5.74) is 0. The second-order valence-corrected chi connectivity index (χ2v) is 8.40. The Kier molecular flexibility index (Phi) is 13.7. The van der Waals surface area contributed by atoms with Crippen molar-refractivity contribution in [2.75, 3.05) is 13.2 Å². The first-order valence-corrected chi connectivity index (χ1v) is 11.6. The fourth-order valence-electron chi connectivity index (χ4n) is 3.76. The Hall–Kier alpha value is -1.36. The average molecular weight is 411 g/mol. The van der Waals surface area contributed by atoms with Crippen molar-refractivity contribution in [3.05, 3.63) is 12.7 Å². The molecule has 0 spiro atoms. The number of carbonyl (C=O) groups is 2. The van der Waals surface area contributed by atoms with Crippen LogP contribution in [0.25, 0.3) is 0 Å². The molecule has 0 aromatic heterocycles. The van der Waals surface area contributed by atoms with Crippen LogP contribution in [-0.4, -0.2) is 37.4 Å². The molecule has 0 bridgehead atoms. The normalized spacial score (nSPS) is 22.7. The van der Waals surface area contributed by atoms with Crippen molar-refractivity contribution < 1.29 is 23.8 Å². The Labute approximate surface area is 177 Å². The van der Waals surface area contributed by atoms with Crippen LogP contribution in [0.5, 0.6) is 0 Å². The standard InChI is InChI=1S/C24H42O5/c1-5-20(4)29-24(26)21-14-15-22(19(3)18-21)27-16-12-10-8-7-9-11-13-17-28-23(25)6-2/h6,19-22H,2,5,7-18H2,1,3-4H3. The molecule has 168 valence electrons. The topological polar surface area (TPSA) is 61.8 Å². The Bertz CT molecular complexity index is 476. The van der Waals surface area contributed by atoms with Crippen LogP contribution in [0.2, 0.25) is 0 Å². The van der Waals surface area contributed by atoms with Crippen LogP contribution < -0.4 is 0 Å². The predicted molar refractivity (Wildman–Crippen MR) is 116 cm³/mol. The van der Waals surface area contributed by atoms with Crippen LogP contribution in [0.15, 0.2) is 12.7 Å². The number of ether oxygens (including phenoxy) is 3. The maximum absolute atomic E-state index is 12.2. The summed E-state index contributed by atoms with van der Waals surface area (Å²) in [6.07, 6.45) is 13.0. The Balaban J connectivity index is 1.99. The van der Waals surface area contributed by atoms with E-state index in [-0.39, 0.29) is 30.1 Å². The molecule has 0 N–H and O–H groups in total. The van der Waals surface area contributed by atoms with E-state index in [2.05, 4.69) is 13.5 Å². The molecule has 1 rings (SSSR count). The van der Waals surface area contributed by atoms with Gasteiger partial charge in [0.2, 0.25) is 0 Å². The average Bonchev–Trinajstić information content (AvgIpc) is 2.72. The lowest BCUT2D eigenvalue weighted by Gasteiger charge is -2.33. The third-order valence-electron chi connectivity index (χ3n) is 5.85. The van der Waals surface area contributed by atoms with E-state index in [0.717, 1.165) is 51.6 Å². The summed E-state index contributed by atoms with van der Waals surface area (Å²) in [7, 11) is 0. The Morgan fingerprint density at radius 1 is 1.03 bits per heavy atom. The molecule has 4 atom stereocenters. The van der Waals surface area contributed by atoms with Crippen LogP contribution in [0.1, 0.15) is 91.4 Å². The van der Waals surface area contributed by atoms with Gasteiger partial charge in [-0.25, -0.2) is 4.79 Å². The Morgan fingerprint density at radius 2 is 1.66 bits per heavy atom. The Morgan fingerprint density at radius 3 is 2.24 bits per heavy atom. The van der Waals surface area contributed by atoms with Crippen LogP contribution in [-0.2, 0) is 23.8 Å². The van der Waals surface area contributed by atoms with Gasteiger partial charge in [0.1, 0.15) is 0 Å². The number of unbranched alkanes of at least 4 members (excludes halogenated alkanes) is 6. The summed E-state index contributed by atoms with van der Waals surface area (Å²) in [6.45, 7) is 10.9. The molecule has 0 aliphatic heterocycles. The largest absolute Gasteiger partial charge is 0.463 e. The fraction of sp³-hybridized carbons (Fsp3) is 0.833. The summed E-state index contributed by atoms with van der Waals surface area (Å²) in [5.74, 6) is 0.0925. The first kappa shape index (κ1) is 25.7. The smallest absolute Gasteiger partial charge is 0.330 e. The van der Waals surface area contributed by atoms with Crippen molar-refractivity contribution in [2.24, 2.45) is 11.8 Å². The highest BCUT2D eigenvalue weighted by atomic mass is 16.5. The minimum Gasteiger partial charge on any atom is -0.463 e. The third kappa shape index (κ3) is 11.4. The zero-order valence-electron chi connectivity index (χ0n) is 18.8. The number of carbonyl (C=O) groups excluding carboxylic acids is 2. The molecule has 0 radical (unpaired) electrons. The van der Waals surface area contributed by atoms with Crippen LogP contribution >= 0.6 is 0 Å². The van der Waals surface area contributed by atoms with E-state index >= 15 is 0 Å². The number of hydrogen-bond donors (Lipinski definition) is 0. The van der Waals surface area contributed by atoms with E-state index in [1.54, 1.807) is 0 Å². The lowest BCUT2D eigenvalue weighted by atomic mass is 9.80. The lowest BCUT2D eigenvalue weighted by molar-refractivity contribution is -0.156. The summed E-state index contributed by atoms with van der Waals surface area (Å²) in [4.78, 5) is 23.1. The molecular weight excluding hydrogens is 368 g/mol. The van der Waals surface area contributed by atoms with Crippen molar-refractivity contribution in [2.45, 2.75) is 104 Å².